The molecule has 1 N–H and O–H groups in total. The highest BCUT2D eigenvalue weighted by Gasteiger charge is 2.34. The van der Waals surface area contributed by atoms with E-state index >= 15 is 0 Å². The van der Waals surface area contributed by atoms with Gasteiger partial charge in [-0.3, -0.25) is 14.8 Å². The van der Waals surface area contributed by atoms with E-state index in [0.29, 0.717) is 55.8 Å². The molecule has 1 aliphatic rings. The first-order chi connectivity index (χ1) is 14.5. The Kier molecular flexibility index (Phi) is 5.81. The van der Waals surface area contributed by atoms with Crippen molar-refractivity contribution in [3.8, 4) is 0 Å². The summed E-state index contributed by atoms with van der Waals surface area (Å²) in [6, 6.07) is 11.6. The molecule has 154 valence electrons. The third kappa shape index (κ3) is 4.52. The van der Waals surface area contributed by atoms with Gasteiger partial charge in [0.1, 0.15) is 17.3 Å². The molecule has 3 heterocycles. The topological polar surface area (TPSA) is 79.2 Å². The molecule has 3 aromatic rings. The first-order valence-corrected chi connectivity index (χ1v) is 10.0. The number of aryl methyl sites for hydroxylation is 1. The van der Waals surface area contributed by atoms with Crippen LogP contribution in [0.4, 0.5) is 10.2 Å². The summed E-state index contributed by atoms with van der Waals surface area (Å²) in [5.74, 6) is 0.231. The molecule has 0 atom stereocenters. The van der Waals surface area contributed by atoms with Gasteiger partial charge < -0.3 is 10.0 Å². The molecule has 0 radical (unpaired) electrons. The Morgan fingerprint density at radius 3 is 2.57 bits per heavy atom. The smallest absolute Gasteiger partial charge is 0.183 e. The van der Waals surface area contributed by atoms with Crippen LogP contribution in [-0.4, -0.2) is 38.9 Å². The van der Waals surface area contributed by atoms with Crippen LogP contribution in [0.1, 0.15) is 41.0 Å². The molecular weight excluding hydrogens is 383 g/mol. The third-order valence-electron chi connectivity index (χ3n) is 5.54. The average molecular weight is 406 g/mol. The lowest BCUT2D eigenvalue weighted by Gasteiger charge is -2.39. The number of hydrogen-bond donors (Lipinski definition) is 1. The van der Waals surface area contributed by atoms with E-state index < -0.39 is 5.60 Å². The van der Waals surface area contributed by atoms with E-state index in [-0.39, 0.29) is 11.6 Å². The van der Waals surface area contributed by atoms with Gasteiger partial charge in [-0.2, -0.15) is 0 Å². The molecular formula is C23H23FN4O2. The zero-order valence-corrected chi connectivity index (χ0v) is 16.5. The highest BCUT2D eigenvalue weighted by Crippen LogP contribution is 2.34. The van der Waals surface area contributed by atoms with Gasteiger partial charge >= 0.3 is 0 Å². The van der Waals surface area contributed by atoms with E-state index in [1.165, 1.54) is 18.3 Å². The van der Waals surface area contributed by atoms with Crippen LogP contribution in [0.3, 0.4) is 0 Å². The summed E-state index contributed by atoms with van der Waals surface area (Å²) < 4.78 is 13.2. The van der Waals surface area contributed by atoms with E-state index in [0.717, 1.165) is 5.69 Å². The fourth-order valence-corrected chi connectivity index (χ4v) is 3.71. The molecule has 4 rings (SSSR count). The number of Topliss-reactive ketones (excluding diaryl/α,β-unsaturated/α-hetero) is 1. The molecule has 2 aromatic heterocycles. The maximum atomic E-state index is 13.2. The predicted molar refractivity (Wildman–Crippen MR) is 111 cm³/mol. The second-order valence-electron chi connectivity index (χ2n) is 7.53. The highest BCUT2D eigenvalue weighted by atomic mass is 19.1. The van der Waals surface area contributed by atoms with Crippen LogP contribution >= 0.6 is 0 Å². The van der Waals surface area contributed by atoms with Crippen molar-refractivity contribution in [1.82, 2.24) is 15.0 Å². The minimum Gasteiger partial charge on any atom is -0.385 e. The quantitative estimate of drug-likeness (QED) is 0.633. The van der Waals surface area contributed by atoms with Crippen LogP contribution < -0.4 is 4.90 Å². The minimum absolute atomic E-state index is 0.0742. The first-order valence-electron chi connectivity index (χ1n) is 10.0. The van der Waals surface area contributed by atoms with Gasteiger partial charge in [-0.1, -0.05) is 18.2 Å². The van der Waals surface area contributed by atoms with Crippen LogP contribution in [0.25, 0.3) is 0 Å². The van der Waals surface area contributed by atoms with Crippen LogP contribution in [0.2, 0.25) is 0 Å². The van der Waals surface area contributed by atoms with Crippen molar-refractivity contribution in [3.05, 3.63) is 83.8 Å². The molecule has 0 spiro atoms. The summed E-state index contributed by atoms with van der Waals surface area (Å²) >= 11 is 0. The number of halogens is 1. The largest absolute Gasteiger partial charge is 0.385 e. The van der Waals surface area contributed by atoms with Gasteiger partial charge in [0, 0.05) is 31.4 Å². The number of piperidine rings is 1. The third-order valence-corrected chi connectivity index (χ3v) is 5.54. The number of ketones is 1. The minimum atomic E-state index is -0.992. The van der Waals surface area contributed by atoms with Crippen LogP contribution in [0.5, 0.6) is 0 Å². The maximum Gasteiger partial charge on any atom is 0.183 e. The lowest BCUT2D eigenvalue weighted by Crippen LogP contribution is -2.43. The number of carbonyl (C=O) groups is 1. The molecule has 0 amide bonds. The number of aromatic nitrogens is 3. The second-order valence-corrected chi connectivity index (χ2v) is 7.53. The summed E-state index contributed by atoms with van der Waals surface area (Å²) in [6.45, 7) is 1.13. The number of hydrogen-bond acceptors (Lipinski definition) is 6. The Hall–Kier alpha value is -3.19. The maximum absolute atomic E-state index is 13.2. The van der Waals surface area contributed by atoms with Crippen LogP contribution in [0, 0.1) is 5.82 Å². The Morgan fingerprint density at radius 1 is 1.10 bits per heavy atom. The summed E-state index contributed by atoms with van der Waals surface area (Å²) in [5.41, 5.74) is 0.926. The Morgan fingerprint density at radius 2 is 1.87 bits per heavy atom. The summed E-state index contributed by atoms with van der Waals surface area (Å²) in [5, 5.41) is 11.0. The fourth-order valence-electron chi connectivity index (χ4n) is 3.71. The molecule has 6 nitrogen and oxygen atoms in total. The summed E-state index contributed by atoms with van der Waals surface area (Å²) in [6.07, 6.45) is 6.68. The van der Waals surface area contributed by atoms with Gasteiger partial charge in [-0.15, -0.1) is 0 Å². The zero-order chi connectivity index (χ0) is 21.0. The first kappa shape index (κ1) is 20.1. The molecule has 1 aliphatic heterocycles. The molecule has 30 heavy (non-hydrogen) atoms. The van der Waals surface area contributed by atoms with Crippen molar-refractivity contribution in [3.63, 3.8) is 0 Å². The van der Waals surface area contributed by atoms with E-state index in [4.69, 9.17) is 0 Å². The van der Waals surface area contributed by atoms with Crippen molar-refractivity contribution in [2.45, 2.75) is 31.3 Å². The van der Waals surface area contributed by atoms with Gasteiger partial charge in [0.15, 0.2) is 5.78 Å². The number of anilines is 1. The van der Waals surface area contributed by atoms with Crippen molar-refractivity contribution in [1.29, 1.82) is 0 Å². The van der Waals surface area contributed by atoms with Gasteiger partial charge in [-0.25, -0.2) is 9.37 Å². The Bertz CT molecular complexity index is 1000. The van der Waals surface area contributed by atoms with Crippen molar-refractivity contribution in [2.75, 3.05) is 18.0 Å². The standard InChI is InChI=1S/C23H23FN4O2/c24-18-6-4-17(5-7-18)23(30)10-13-28(14-11-23)22-16-25-15-20(27-22)21(29)9-8-19-3-1-2-12-26-19/h1-7,12,15-16,30H,8-11,13-14H2. The highest BCUT2D eigenvalue weighted by molar-refractivity contribution is 5.94. The lowest BCUT2D eigenvalue weighted by molar-refractivity contribution is 0.0116. The second kappa shape index (κ2) is 8.67. The number of benzene rings is 1. The average Bonchev–Trinajstić information content (AvgIpc) is 2.79. The normalized spacial score (nSPS) is 15.7. The van der Waals surface area contributed by atoms with Crippen LogP contribution in [0.15, 0.2) is 61.1 Å². The molecule has 0 bridgehead atoms. The zero-order valence-electron chi connectivity index (χ0n) is 16.5. The molecule has 1 aromatic carbocycles. The summed E-state index contributed by atoms with van der Waals surface area (Å²) in [4.78, 5) is 27.5. The molecule has 1 fully saturated rings. The Balaban J connectivity index is 1.39. The van der Waals surface area contributed by atoms with Gasteiger partial charge in [0.2, 0.25) is 0 Å². The van der Waals surface area contributed by atoms with Gasteiger partial charge in [0.25, 0.3) is 0 Å². The van der Waals surface area contributed by atoms with Gasteiger partial charge in [0.05, 0.1) is 18.0 Å². The number of rotatable bonds is 6. The summed E-state index contributed by atoms with van der Waals surface area (Å²) in [7, 11) is 0. The number of aliphatic hydroxyl groups is 1. The van der Waals surface area contributed by atoms with E-state index in [9.17, 15) is 14.3 Å². The predicted octanol–water partition coefficient (Wildman–Crippen LogP) is 3.31. The number of pyridine rings is 1. The molecule has 0 saturated carbocycles. The number of carbonyl (C=O) groups excluding carboxylic acids is 1. The molecule has 0 aliphatic carbocycles. The SMILES string of the molecule is O=C(CCc1ccccn1)c1cncc(N2CCC(O)(c3ccc(F)cc3)CC2)n1. The van der Waals surface area contributed by atoms with Crippen LogP contribution in [-0.2, 0) is 12.0 Å². The van der Waals surface area contributed by atoms with Crippen molar-refractivity contribution >= 4 is 11.6 Å². The Labute approximate surface area is 174 Å². The molecule has 7 heteroatoms. The fraction of sp³-hybridized carbons (Fsp3) is 0.304. The monoisotopic (exact) mass is 406 g/mol. The number of nitrogens with zero attached hydrogens (tertiary/aromatic N) is 4. The lowest BCUT2D eigenvalue weighted by atomic mass is 9.84. The molecule has 1 saturated heterocycles. The van der Waals surface area contributed by atoms with E-state index in [1.54, 1.807) is 24.5 Å². The van der Waals surface area contributed by atoms with Gasteiger partial charge in [-0.05, 0) is 49.1 Å². The van der Waals surface area contributed by atoms with E-state index in [2.05, 4.69) is 15.0 Å². The van der Waals surface area contributed by atoms with E-state index in [1.807, 2.05) is 23.1 Å². The van der Waals surface area contributed by atoms with Crippen molar-refractivity contribution < 1.29 is 14.3 Å². The van der Waals surface area contributed by atoms with Crippen molar-refractivity contribution in [2.24, 2.45) is 0 Å². The molecule has 0 unspecified atom stereocenters.